The average Bonchev–Trinajstić information content (AvgIpc) is 2.86. The maximum absolute atomic E-state index is 12.1. The highest BCUT2D eigenvalue weighted by Gasteiger charge is 2.24. The van der Waals surface area contributed by atoms with Gasteiger partial charge in [-0.25, -0.2) is 0 Å². The number of carbonyl (C=O) groups is 2. The van der Waals surface area contributed by atoms with Crippen molar-refractivity contribution >= 4 is 27.8 Å². The highest BCUT2D eigenvalue weighted by molar-refractivity contribution is 9.10. The third-order valence-electron chi connectivity index (χ3n) is 4.12. The van der Waals surface area contributed by atoms with Gasteiger partial charge < -0.3 is 15.0 Å². The number of carbonyl (C=O) groups excluding carboxylic acids is 2. The van der Waals surface area contributed by atoms with Gasteiger partial charge in [0.1, 0.15) is 0 Å². The van der Waals surface area contributed by atoms with Crippen molar-refractivity contribution in [1.82, 2.24) is 4.57 Å². The molecule has 2 N–H and O–H groups in total. The van der Waals surface area contributed by atoms with Gasteiger partial charge in [0.2, 0.25) is 0 Å². The zero-order chi connectivity index (χ0) is 18.6. The van der Waals surface area contributed by atoms with Gasteiger partial charge >= 0.3 is 5.97 Å². The largest absolute Gasteiger partial charge is 0.469 e. The van der Waals surface area contributed by atoms with Crippen molar-refractivity contribution in [1.29, 1.82) is 0 Å². The number of halogens is 1. The summed E-state index contributed by atoms with van der Waals surface area (Å²) in [5.41, 5.74) is 9.43. The molecule has 5 nitrogen and oxygen atoms in total. The van der Waals surface area contributed by atoms with E-state index >= 15 is 0 Å². The number of ether oxygens (including phenoxy) is 1. The number of nitrogens with zero attached hydrogens (tertiary/aromatic N) is 1. The van der Waals surface area contributed by atoms with Crippen molar-refractivity contribution in [3.63, 3.8) is 0 Å². The molecule has 0 fully saturated rings. The molecule has 0 spiro atoms. The summed E-state index contributed by atoms with van der Waals surface area (Å²) in [4.78, 5) is 23.8. The zero-order valence-electron chi connectivity index (χ0n) is 14.3. The van der Waals surface area contributed by atoms with Gasteiger partial charge in [0, 0.05) is 28.0 Å². The van der Waals surface area contributed by atoms with Gasteiger partial charge in [0.05, 0.1) is 19.1 Å². The van der Waals surface area contributed by atoms with Crippen molar-refractivity contribution in [3.05, 3.63) is 58.3 Å². The Bertz CT molecular complexity index is 807. The van der Waals surface area contributed by atoms with Crippen LogP contribution in [0.1, 0.15) is 28.2 Å². The lowest BCUT2D eigenvalue weighted by molar-refractivity contribution is -0.140. The summed E-state index contributed by atoms with van der Waals surface area (Å²) in [6.45, 7) is 6.16. The van der Waals surface area contributed by atoms with Crippen LogP contribution in [0.2, 0.25) is 0 Å². The van der Waals surface area contributed by atoms with Gasteiger partial charge in [-0.3, -0.25) is 9.59 Å². The Labute approximate surface area is 155 Å². The fourth-order valence-electron chi connectivity index (χ4n) is 2.99. The van der Waals surface area contributed by atoms with Crippen LogP contribution in [0, 0.1) is 6.92 Å². The summed E-state index contributed by atoms with van der Waals surface area (Å²) in [6.07, 6.45) is 2.42. The first-order valence-electron chi connectivity index (χ1n) is 7.86. The molecule has 132 valence electrons. The number of primary amides is 1. The molecule has 0 radical (unpaired) electrons. The second kappa shape index (κ2) is 8.16. The maximum Gasteiger partial charge on any atom is 0.305 e. The Morgan fingerprint density at radius 3 is 2.48 bits per heavy atom. The number of rotatable bonds is 7. The molecule has 6 heteroatoms. The Balaban J connectivity index is 2.68. The summed E-state index contributed by atoms with van der Waals surface area (Å²) in [7, 11) is 1.36. The monoisotopic (exact) mass is 404 g/mol. The molecule has 1 aromatic heterocycles. The Morgan fingerprint density at radius 1 is 1.32 bits per heavy atom. The smallest absolute Gasteiger partial charge is 0.305 e. The maximum atomic E-state index is 12.1. The number of hydrogen-bond donors (Lipinski definition) is 1. The van der Waals surface area contributed by atoms with E-state index in [2.05, 4.69) is 22.5 Å². The Kier molecular flexibility index (Phi) is 6.20. The fourth-order valence-corrected chi connectivity index (χ4v) is 3.25. The van der Waals surface area contributed by atoms with Crippen LogP contribution in [0.15, 0.2) is 41.4 Å². The fraction of sp³-hybridized carbons (Fsp3) is 0.263. The van der Waals surface area contributed by atoms with Crippen LogP contribution >= 0.6 is 15.9 Å². The van der Waals surface area contributed by atoms with Crippen LogP contribution in [0.5, 0.6) is 0 Å². The van der Waals surface area contributed by atoms with E-state index in [1.54, 1.807) is 6.08 Å². The van der Waals surface area contributed by atoms with E-state index in [1.807, 2.05) is 35.8 Å². The molecule has 0 saturated carbocycles. The molecule has 0 atom stereocenters. The molecular weight excluding hydrogens is 384 g/mol. The molecule has 1 heterocycles. The number of aromatic nitrogens is 1. The molecule has 0 aliphatic carbocycles. The van der Waals surface area contributed by atoms with Crippen molar-refractivity contribution in [3.8, 4) is 11.1 Å². The normalized spacial score (nSPS) is 10.5. The highest BCUT2D eigenvalue weighted by atomic mass is 79.9. The minimum Gasteiger partial charge on any atom is -0.469 e. The van der Waals surface area contributed by atoms with Crippen LogP contribution < -0.4 is 5.73 Å². The van der Waals surface area contributed by atoms with Gasteiger partial charge in [0.15, 0.2) is 0 Å². The minimum absolute atomic E-state index is 0.221. The number of nitrogens with two attached hydrogens (primary N) is 1. The lowest BCUT2D eigenvalue weighted by Gasteiger charge is -2.11. The van der Waals surface area contributed by atoms with Crippen molar-refractivity contribution in [2.75, 3.05) is 7.11 Å². The van der Waals surface area contributed by atoms with Crippen LogP contribution in [-0.4, -0.2) is 23.6 Å². The second-order valence-corrected chi connectivity index (χ2v) is 6.54. The van der Waals surface area contributed by atoms with Crippen molar-refractivity contribution in [2.24, 2.45) is 5.73 Å². The molecule has 1 amide bonds. The van der Waals surface area contributed by atoms with Gasteiger partial charge in [0.25, 0.3) is 5.91 Å². The molecule has 0 unspecified atom stereocenters. The number of amides is 1. The highest BCUT2D eigenvalue weighted by Crippen LogP contribution is 2.34. The number of esters is 1. The van der Waals surface area contributed by atoms with Gasteiger partial charge in [-0.2, -0.15) is 0 Å². The molecule has 1 aromatic carbocycles. The SMILES string of the molecule is C=CCn1c(C)c(C(N)=O)c(-c2ccc(Br)cc2)c1CCC(=O)OC. The molecule has 0 bridgehead atoms. The molecule has 2 aromatic rings. The van der Waals surface area contributed by atoms with E-state index < -0.39 is 5.91 Å². The average molecular weight is 405 g/mol. The summed E-state index contributed by atoms with van der Waals surface area (Å²) < 4.78 is 7.67. The van der Waals surface area contributed by atoms with Crippen LogP contribution in [0.3, 0.4) is 0 Å². The van der Waals surface area contributed by atoms with E-state index in [-0.39, 0.29) is 12.4 Å². The van der Waals surface area contributed by atoms with Crippen LogP contribution in [0.4, 0.5) is 0 Å². The molecular formula is C19H21BrN2O3. The lowest BCUT2D eigenvalue weighted by Crippen LogP contribution is -2.13. The molecule has 25 heavy (non-hydrogen) atoms. The molecule has 2 rings (SSSR count). The topological polar surface area (TPSA) is 74.3 Å². The summed E-state index contributed by atoms with van der Waals surface area (Å²) in [5, 5.41) is 0. The molecule has 0 aliphatic rings. The van der Waals surface area contributed by atoms with Crippen molar-refractivity contribution in [2.45, 2.75) is 26.3 Å². The minimum atomic E-state index is -0.488. The Morgan fingerprint density at radius 2 is 1.96 bits per heavy atom. The summed E-state index contributed by atoms with van der Waals surface area (Å²) in [6, 6.07) is 7.66. The number of benzene rings is 1. The number of hydrogen-bond acceptors (Lipinski definition) is 3. The third-order valence-corrected chi connectivity index (χ3v) is 4.64. The Hall–Kier alpha value is -2.34. The van der Waals surface area contributed by atoms with Crippen LogP contribution in [0.25, 0.3) is 11.1 Å². The first-order valence-corrected chi connectivity index (χ1v) is 8.65. The van der Waals surface area contributed by atoms with Gasteiger partial charge in [-0.15, -0.1) is 6.58 Å². The third kappa shape index (κ3) is 4.02. The van der Waals surface area contributed by atoms with Gasteiger partial charge in [-0.05, 0) is 31.0 Å². The van der Waals surface area contributed by atoms with E-state index in [0.29, 0.717) is 18.5 Å². The first kappa shape index (κ1) is 19.0. The summed E-state index contributed by atoms with van der Waals surface area (Å²) in [5.74, 6) is -0.788. The lowest BCUT2D eigenvalue weighted by atomic mass is 9.98. The van der Waals surface area contributed by atoms with E-state index in [4.69, 9.17) is 10.5 Å². The van der Waals surface area contributed by atoms with E-state index in [0.717, 1.165) is 27.0 Å². The predicted octanol–water partition coefficient (Wildman–Crippen LogP) is 3.62. The molecule has 0 saturated heterocycles. The van der Waals surface area contributed by atoms with Crippen LogP contribution in [-0.2, 0) is 22.5 Å². The standard InChI is InChI=1S/C19H21BrN2O3/c1-4-11-22-12(2)17(19(21)24)18(13-5-7-14(20)8-6-13)15(22)9-10-16(23)25-3/h4-8H,1,9-11H2,2-3H3,(H2,21,24). The van der Waals surface area contributed by atoms with E-state index in [9.17, 15) is 9.59 Å². The predicted molar refractivity (Wildman–Crippen MR) is 101 cm³/mol. The second-order valence-electron chi connectivity index (χ2n) is 5.63. The zero-order valence-corrected chi connectivity index (χ0v) is 15.9. The van der Waals surface area contributed by atoms with E-state index in [1.165, 1.54) is 7.11 Å². The number of methoxy groups -OCH3 is 1. The van der Waals surface area contributed by atoms with Crippen molar-refractivity contribution < 1.29 is 14.3 Å². The number of allylic oxidation sites excluding steroid dienone is 1. The first-order chi connectivity index (χ1) is 11.9. The summed E-state index contributed by atoms with van der Waals surface area (Å²) >= 11 is 3.42. The van der Waals surface area contributed by atoms with Gasteiger partial charge in [-0.1, -0.05) is 34.1 Å². The quantitative estimate of drug-likeness (QED) is 0.565. The molecule has 0 aliphatic heterocycles.